The van der Waals surface area contributed by atoms with Crippen molar-refractivity contribution in [2.75, 3.05) is 0 Å². The molecule has 0 fully saturated rings. The number of rotatable bonds is 4. The van der Waals surface area contributed by atoms with Crippen LogP contribution in [0.3, 0.4) is 0 Å². The van der Waals surface area contributed by atoms with Crippen LogP contribution in [-0.4, -0.2) is 5.78 Å². The fourth-order valence-corrected chi connectivity index (χ4v) is 1.96. The summed E-state index contributed by atoms with van der Waals surface area (Å²) in [7, 11) is 0. The number of carbonyl (C=O) groups is 1. The zero-order chi connectivity index (χ0) is 13.8. The lowest BCUT2D eigenvalue weighted by Crippen LogP contribution is -1.97. The van der Waals surface area contributed by atoms with Crippen molar-refractivity contribution < 1.29 is 13.9 Å². The van der Waals surface area contributed by atoms with Gasteiger partial charge in [-0.15, -0.1) is 0 Å². The van der Waals surface area contributed by atoms with Gasteiger partial charge < -0.3 is 4.74 Å². The van der Waals surface area contributed by atoms with Crippen LogP contribution >= 0.6 is 15.9 Å². The van der Waals surface area contributed by atoms with E-state index in [9.17, 15) is 9.18 Å². The van der Waals surface area contributed by atoms with Gasteiger partial charge in [-0.1, -0.05) is 35.0 Å². The monoisotopic (exact) mass is 322 g/mol. The molecule has 0 aliphatic rings. The van der Waals surface area contributed by atoms with Crippen LogP contribution in [0.4, 0.5) is 4.39 Å². The molecule has 2 rings (SSSR count). The van der Waals surface area contributed by atoms with E-state index >= 15 is 0 Å². The highest BCUT2D eigenvalue weighted by Gasteiger charge is 2.08. The van der Waals surface area contributed by atoms with E-state index in [2.05, 4.69) is 15.9 Å². The lowest BCUT2D eigenvalue weighted by molar-refractivity contribution is 0.0988. The first kappa shape index (κ1) is 13.7. The van der Waals surface area contributed by atoms with Gasteiger partial charge in [0.15, 0.2) is 17.3 Å². The normalized spacial score (nSPS) is 10.3. The number of hydrogen-bond donors (Lipinski definition) is 0. The van der Waals surface area contributed by atoms with Crippen LogP contribution in [0.1, 0.15) is 23.7 Å². The number of Topliss-reactive ketones (excluding diaryl/α,β-unsaturated/α-hetero) is 1. The predicted molar refractivity (Wildman–Crippen MR) is 75.2 cm³/mol. The average molecular weight is 323 g/mol. The Bertz CT molecular complexity index is 611. The summed E-state index contributed by atoms with van der Waals surface area (Å²) < 4.78 is 19.7. The average Bonchev–Trinajstić information content (AvgIpc) is 2.41. The third-order valence-electron chi connectivity index (χ3n) is 2.60. The maximum absolute atomic E-state index is 13.6. The van der Waals surface area contributed by atoms with Gasteiger partial charge in [0.05, 0.1) is 0 Å². The molecule has 2 nitrogen and oxygen atoms in total. The Morgan fingerprint density at radius 1 is 1.26 bits per heavy atom. The molecule has 0 heterocycles. The molecule has 0 radical (unpaired) electrons. The van der Waals surface area contributed by atoms with Gasteiger partial charge in [-0.3, -0.25) is 4.79 Å². The summed E-state index contributed by atoms with van der Waals surface area (Å²) >= 11 is 3.18. The van der Waals surface area contributed by atoms with Gasteiger partial charge in [0.1, 0.15) is 5.75 Å². The van der Waals surface area contributed by atoms with Crippen molar-refractivity contribution in [3.05, 3.63) is 58.3 Å². The maximum Gasteiger partial charge on any atom is 0.166 e. The van der Waals surface area contributed by atoms with E-state index in [-0.39, 0.29) is 11.5 Å². The molecule has 4 heteroatoms. The number of halogens is 2. The molecule has 98 valence electrons. The van der Waals surface area contributed by atoms with Crippen LogP contribution in [0, 0.1) is 5.82 Å². The Balaban J connectivity index is 2.26. The SMILES string of the molecule is CCC(=O)c1cccc(Oc2ccc(Br)cc2F)c1. The van der Waals surface area contributed by atoms with Crippen molar-refractivity contribution in [3.63, 3.8) is 0 Å². The fourth-order valence-electron chi connectivity index (χ4n) is 1.62. The highest BCUT2D eigenvalue weighted by molar-refractivity contribution is 9.10. The Hall–Kier alpha value is -1.68. The van der Waals surface area contributed by atoms with Gasteiger partial charge >= 0.3 is 0 Å². The zero-order valence-electron chi connectivity index (χ0n) is 10.3. The molecule has 19 heavy (non-hydrogen) atoms. The summed E-state index contributed by atoms with van der Waals surface area (Å²) in [5.41, 5.74) is 0.567. The first-order chi connectivity index (χ1) is 9.10. The topological polar surface area (TPSA) is 26.3 Å². The molecule has 0 aliphatic carbocycles. The van der Waals surface area contributed by atoms with Crippen molar-refractivity contribution in [2.24, 2.45) is 0 Å². The van der Waals surface area contributed by atoms with Crippen LogP contribution in [-0.2, 0) is 0 Å². The molecule has 0 aliphatic heterocycles. The van der Waals surface area contributed by atoms with Gasteiger partial charge in [-0.05, 0) is 30.3 Å². The molecule has 0 bridgehead atoms. The first-order valence-electron chi connectivity index (χ1n) is 5.86. The third kappa shape index (κ3) is 3.41. The number of hydrogen-bond acceptors (Lipinski definition) is 2. The predicted octanol–water partition coefficient (Wildman–Crippen LogP) is 4.97. The van der Waals surface area contributed by atoms with Crippen molar-refractivity contribution in [1.82, 2.24) is 0 Å². The standard InChI is InChI=1S/C15H12BrFO2/c1-2-14(18)10-4-3-5-12(8-10)19-15-7-6-11(16)9-13(15)17/h3-9H,2H2,1H3. The summed E-state index contributed by atoms with van der Waals surface area (Å²) in [4.78, 5) is 11.6. The van der Waals surface area contributed by atoms with Crippen LogP contribution in [0.2, 0.25) is 0 Å². The highest BCUT2D eigenvalue weighted by atomic mass is 79.9. The van der Waals surface area contributed by atoms with Crippen molar-refractivity contribution in [3.8, 4) is 11.5 Å². The zero-order valence-corrected chi connectivity index (χ0v) is 11.9. The van der Waals surface area contributed by atoms with Crippen LogP contribution in [0.5, 0.6) is 11.5 Å². The minimum atomic E-state index is -0.457. The molecule has 0 saturated heterocycles. The molecule has 0 unspecified atom stereocenters. The molecule has 0 aromatic heterocycles. The molecule has 2 aromatic carbocycles. The molecule has 0 atom stereocenters. The van der Waals surface area contributed by atoms with E-state index in [1.54, 1.807) is 37.3 Å². The molecule has 0 N–H and O–H groups in total. The van der Waals surface area contributed by atoms with E-state index in [0.29, 0.717) is 22.2 Å². The van der Waals surface area contributed by atoms with Crippen LogP contribution < -0.4 is 4.74 Å². The summed E-state index contributed by atoms with van der Waals surface area (Å²) in [6.45, 7) is 1.80. The smallest absolute Gasteiger partial charge is 0.166 e. The van der Waals surface area contributed by atoms with E-state index in [0.717, 1.165) is 0 Å². The first-order valence-corrected chi connectivity index (χ1v) is 6.65. The summed E-state index contributed by atoms with van der Waals surface area (Å²) in [6.07, 6.45) is 0.427. The van der Waals surface area contributed by atoms with Crippen LogP contribution in [0.25, 0.3) is 0 Å². The quantitative estimate of drug-likeness (QED) is 0.742. The van der Waals surface area contributed by atoms with Gasteiger partial charge in [0.25, 0.3) is 0 Å². The van der Waals surface area contributed by atoms with Gasteiger partial charge in [-0.25, -0.2) is 4.39 Å². The Kier molecular flexibility index (Phi) is 4.32. The molecular weight excluding hydrogens is 311 g/mol. The van der Waals surface area contributed by atoms with Gasteiger partial charge in [-0.2, -0.15) is 0 Å². The second kappa shape index (κ2) is 5.97. The Morgan fingerprint density at radius 3 is 2.74 bits per heavy atom. The minimum absolute atomic E-state index is 0.0294. The number of ketones is 1. The lowest BCUT2D eigenvalue weighted by Gasteiger charge is -2.08. The number of carbonyl (C=O) groups excluding carboxylic acids is 1. The minimum Gasteiger partial charge on any atom is -0.454 e. The molecule has 2 aromatic rings. The van der Waals surface area contributed by atoms with Gasteiger partial charge in [0, 0.05) is 16.5 Å². The second-order valence-corrected chi connectivity index (χ2v) is 4.90. The number of benzene rings is 2. The second-order valence-electron chi connectivity index (χ2n) is 3.98. The highest BCUT2D eigenvalue weighted by Crippen LogP contribution is 2.27. The van der Waals surface area contributed by atoms with E-state index in [1.807, 2.05) is 0 Å². The molecular formula is C15H12BrFO2. The number of ether oxygens (including phenoxy) is 1. The van der Waals surface area contributed by atoms with Crippen molar-refractivity contribution >= 4 is 21.7 Å². The van der Waals surface area contributed by atoms with E-state index in [1.165, 1.54) is 12.1 Å². The third-order valence-corrected chi connectivity index (χ3v) is 3.09. The maximum atomic E-state index is 13.6. The Labute approximate surface area is 119 Å². The molecule has 0 saturated carbocycles. The van der Waals surface area contributed by atoms with Crippen molar-refractivity contribution in [1.29, 1.82) is 0 Å². The van der Waals surface area contributed by atoms with E-state index < -0.39 is 5.82 Å². The largest absolute Gasteiger partial charge is 0.454 e. The summed E-state index contributed by atoms with van der Waals surface area (Å²) in [5, 5.41) is 0. The van der Waals surface area contributed by atoms with Crippen molar-refractivity contribution in [2.45, 2.75) is 13.3 Å². The van der Waals surface area contributed by atoms with Gasteiger partial charge in [0.2, 0.25) is 0 Å². The molecule has 0 amide bonds. The lowest BCUT2D eigenvalue weighted by atomic mass is 10.1. The summed E-state index contributed by atoms with van der Waals surface area (Å²) in [5.74, 6) is 0.146. The van der Waals surface area contributed by atoms with E-state index in [4.69, 9.17) is 4.74 Å². The molecule has 0 spiro atoms. The van der Waals surface area contributed by atoms with Crippen LogP contribution in [0.15, 0.2) is 46.9 Å². The Morgan fingerprint density at radius 2 is 2.05 bits per heavy atom. The summed E-state index contributed by atoms with van der Waals surface area (Å²) in [6, 6.07) is 11.3. The fraction of sp³-hybridized carbons (Fsp3) is 0.133.